The van der Waals surface area contributed by atoms with Crippen molar-refractivity contribution < 1.29 is 4.79 Å². The fraction of sp³-hybridized carbons (Fsp3) is 0.588. The number of carbonyl (C=O) groups is 1. The molecule has 0 aliphatic heterocycles. The lowest BCUT2D eigenvalue weighted by Crippen LogP contribution is -2.48. The summed E-state index contributed by atoms with van der Waals surface area (Å²) in [6.07, 6.45) is 0. The van der Waals surface area contributed by atoms with Crippen molar-refractivity contribution in [1.29, 1.82) is 0 Å². The van der Waals surface area contributed by atoms with E-state index >= 15 is 0 Å². The van der Waals surface area contributed by atoms with E-state index in [-0.39, 0.29) is 24.0 Å². The van der Waals surface area contributed by atoms with E-state index in [1.807, 2.05) is 11.8 Å². The Morgan fingerprint density at radius 2 is 1.40 bits per heavy atom. The van der Waals surface area contributed by atoms with Gasteiger partial charge in [-0.3, -0.25) is 4.79 Å². The van der Waals surface area contributed by atoms with Gasteiger partial charge in [0.05, 0.1) is 0 Å². The lowest BCUT2D eigenvalue weighted by atomic mass is 10.1. The Morgan fingerprint density at radius 1 is 0.950 bits per heavy atom. The Labute approximate surface area is 123 Å². The van der Waals surface area contributed by atoms with Crippen LogP contribution >= 0.6 is 0 Å². The minimum atomic E-state index is -0.221. The Bertz CT molecular complexity index is 438. The summed E-state index contributed by atoms with van der Waals surface area (Å²) in [5.41, 5.74) is 3.42. The number of hydrogen-bond donors (Lipinski definition) is 1. The van der Waals surface area contributed by atoms with E-state index in [9.17, 15) is 4.79 Å². The topological polar surface area (TPSA) is 32.3 Å². The maximum absolute atomic E-state index is 12.6. The first-order valence-corrected chi connectivity index (χ1v) is 7.39. The van der Waals surface area contributed by atoms with Crippen LogP contribution in [0.2, 0.25) is 0 Å². The van der Waals surface area contributed by atoms with Crippen LogP contribution in [0.15, 0.2) is 18.2 Å². The van der Waals surface area contributed by atoms with Gasteiger partial charge in [-0.15, -0.1) is 0 Å². The minimum Gasteiger partial charge on any atom is -0.374 e. The molecule has 0 heterocycles. The van der Waals surface area contributed by atoms with Gasteiger partial charge in [0.15, 0.2) is 0 Å². The number of hydrogen-bond acceptors (Lipinski definition) is 2. The lowest BCUT2D eigenvalue weighted by Gasteiger charge is -2.33. The minimum absolute atomic E-state index is 0.147. The van der Waals surface area contributed by atoms with Crippen LogP contribution in [0.1, 0.15) is 45.7 Å². The summed E-state index contributed by atoms with van der Waals surface area (Å²) >= 11 is 0. The molecule has 3 heteroatoms. The molecule has 112 valence electrons. The SMILES string of the molecule is Cc1cc(C)cc(NC(C)C(=O)N(C(C)C)C(C)C)c1. The van der Waals surface area contributed by atoms with Gasteiger partial charge in [-0.2, -0.15) is 0 Å². The Kier molecular flexibility index (Phi) is 5.61. The number of anilines is 1. The Morgan fingerprint density at radius 3 is 1.80 bits per heavy atom. The second-order valence-corrected chi connectivity index (χ2v) is 6.18. The molecule has 3 nitrogen and oxygen atoms in total. The van der Waals surface area contributed by atoms with Crippen molar-refractivity contribution in [2.24, 2.45) is 0 Å². The molecule has 1 amide bonds. The quantitative estimate of drug-likeness (QED) is 0.888. The van der Waals surface area contributed by atoms with Gasteiger partial charge in [-0.05, 0) is 71.7 Å². The number of nitrogens with one attached hydrogen (secondary N) is 1. The van der Waals surface area contributed by atoms with Crippen LogP contribution in [-0.2, 0) is 4.79 Å². The molecule has 0 spiro atoms. The average molecular weight is 276 g/mol. The van der Waals surface area contributed by atoms with Crippen molar-refractivity contribution in [3.8, 4) is 0 Å². The zero-order valence-electron chi connectivity index (χ0n) is 13.8. The highest BCUT2D eigenvalue weighted by atomic mass is 16.2. The molecule has 1 unspecified atom stereocenters. The van der Waals surface area contributed by atoms with Gasteiger partial charge < -0.3 is 10.2 Å². The smallest absolute Gasteiger partial charge is 0.245 e. The molecule has 1 aromatic rings. The molecule has 0 aliphatic rings. The van der Waals surface area contributed by atoms with Crippen molar-refractivity contribution in [1.82, 2.24) is 4.90 Å². The summed E-state index contributed by atoms with van der Waals surface area (Å²) in [6, 6.07) is 6.49. The van der Waals surface area contributed by atoms with E-state index in [0.717, 1.165) is 5.69 Å². The maximum Gasteiger partial charge on any atom is 0.245 e. The van der Waals surface area contributed by atoms with Crippen LogP contribution < -0.4 is 5.32 Å². The molecule has 1 rings (SSSR count). The first-order chi connectivity index (χ1) is 9.22. The van der Waals surface area contributed by atoms with Gasteiger partial charge >= 0.3 is 0 Å². The summed E-state index contributed by atoms with van der Waals surface area (Å²) in [6.45, 7) is 14.3. The fourth-order valence-electron chi connectivity index (χ4n) is 2.70. The third-order valence-electron chi connectivity index (χ3n) is 3.34. The molecular weight excluding hydrogens is 248 g/mol. The van der Waals surface area contributed by atoms with Crippen LogP contribution in [0.3, 0.4) is 0 Å². The second kappa shape index (κ2) is 6.78. The zero-order chi connectivity index (χ0) is 15.4. The first kappa shape index (κ1) is 16.5. The standard InChI is InChI=1S/C17H28N2O/c1-11(2)19(12(3)4)17(20)15(7)18-16-9-13(5)8-14(6)10-16/h8-12,15,18H,1-7H3. The van der Waals surface area contributed by atoms with Crippen molar-refractivity contribution in [2.75, 3.05) is 5.32 Å². The van der Waals surface area contributed by atoms with Crippen LogP contribution in [0.4, 0.5) is 5.69 Å². The monoisotopic (exact) mass is 276 g/mol. The summed E-state index contributed by atoms with van der Waals surface area (Å²) in [7, 11) is 0. The van der Waals surface area contributed by atoms with Crippen LogP contribution in [0.5, 0.6) is 0 Å². The number of nitrogens with zero attached hydrogens (tertiary/aromatic N) is 1. The van der Waals surface area contributed by atoms with Crippen molar-refractivity contribution in [2.45, 2.75) is 66.6 Å². The molecule has 0 fully saturated rings. The highest BCUT2D eigenvalue weighted by molar-refractivity contribution is 5.84. The largest absolute Gasteiger partial charge is 0.374 e. The third-order valence-corrected chi connectivity index (χ3v) is 3.34. The van der Waals surface area contributed by atoms with Gasteiger partial charge in [-0.1, -0.05) is 6.07 Å². The molecule has 0 saturated carbocycles. The fourth-order valence-corrected chi connectivity index (χ4v) is 2.70. The van der Waals surface area contributed by atoms with E-state index in [2.05, 4.69) is 65.1 Å². The molecule has 0 aliphatic carbocycles. The second-order valence-electron chi connectivity index (χ2n) is 6.18. The first-order valence-electron chi connectivity index (χ1n) is 7.39. The molecule has 1 N–H and O–H groups in total. The van der Waals surface area contributed by atoms with Crippen molar-refractivity contribution >= 4 is 11.6 Å². The Balaban J connectivity index is 2.84. The molecule has 0 bridgehead atoms. The molecular formula is C17H28N2O. The predicted molar refractivity (Wildman–Crippen MR) is 86.1 cm³/mol. The van der Waals surface area contributed by atoms with E-state index in [0.29, 0.717) is 0 Å². The van der Waals surface area contributed by atoms with E-state index < -0.39 is 0 Å². The number of benzene rings is 1. The molecule has 1 atom stereocenters. The number of amides is 1. The zero-order valence-corrected chi connectivity index (χ0v) is 13.8. The van der Waals surface area contributed by atoms with Gasteiger partial charge in [0, 0.05) is 17.8 Å². The van der Waals surface area contributed by atoms with Crippen LogP contribution in [0.25, 0.3) is 0 Å². The summed E-state index contributed by atoms with van der Waals surface area (Å²) in [4.78, 5) is 14.5. The number of rotatable bonds is 5. The summed E-state index contributed by atoms with van der Waals surface area (Å²) < 4.78 is 0. The van der Waals surface area contributed by atoms with Gasteiger partial charge in [0.2, 0.25) is 5.91 Å². The summed E-state index contributed by atoms with van der Waals surface area (Å²) in [5, 5.41) is 3.32. The highest BCUT2D eigenvalue weighted by Crippen LogP contribution is 2.16. The normalized spacial score (nSPS) is 12.7. The van der Waals surface area contributed by atoms with Crippen molar-refractivity contribution in [3.05, 3.63) is 29.3 Å². The van der Waals surface area contributed by atoms with Crippen LogP contribution in [0, 0.1) is 13.8 Å². The molecule has 0 saturated heterocycles. The number of carbonyl (C=O) groups excluding carboxylic acids is 1. The summed E-state index contributed by atoms with van der Waals surface area (Å²) in [5.74, 6) is 0.147. The number of aryl methyl sites for hydroxylation is 2. The third kappa shape index (κ3) is 4.26. The Hall–Kier alpha value is -1.51. The van der Waals surface area contributed by atoms with Crippen LogP contribution in [-0.4, -0.2) is 28.9 Å². The van der Waals surface area contributed by atoms with E-state index in [4.69, 9.17) is 0 Å². The van der Waals surface area contributed by atoms with E-state index in [1.165, 1.54) is 11.1 Å². The van der Waals surface area contributed by atoms with Gasteiger partial charge in [0.25, 0.3) is 0 Å². The molecule has 1 aromatic carbocycles. The van der Waals surface area contributed by atoms with Crippen molar-refractivity contribution in [3.63, 3.8) is 0 Å². The molecule has 20 heavy (non-hydrogen) atoms. The van der Waals surface area contributed by atoms with Gasteiger partial charge in [0.1, 0.15) is 6.04 Å². The highest BCUT2D eigenvalue weighted by Gasteiger charge is 2.24. The van der Waals surface area contributed by atoms with Gasteiger partial charge in [-0.25, -0.2) is 0 Å². The average Bonchev–Trinajstić information content (AvgIpc) is 2.25. The lowest BCUT2D eigenvalue weighted by molar-refractivity contribution is -0.135. The molecule has 0 aromatic heterocycles. The van der Waals surface area contributed by atoms with E-state index in [1.54, 1.807) is 0 Å². The maximum atomic E-state index is 12.6. The molecule has 0 radical (unpaired) electrons. The predicted octanol–water partition coefficient (Wildman–Crippen LogP) is 3.75.